The first-order chi connectivity index (χ1) is 9.73. The van der Waals surface area contributed by atoms with Crippen molar-refractivity contribution in [2.45, 2.75) is 70.3 Å². The number of hydrogen-bond acceptors (Lipinski definition) is 2. The highest BCUT2D eigenvalue weighted by Crippen LogP contribution is 2.38. The fraction of sp³-hybridized carbons (Fsp3) is 0.824. The Kier molecular flexibility index (Phi) is 4.16. The molecule has 1 atom stereocenters. The van der Waals surface area contributed by atoms with Crippen LogP contribution in [-0.4, -0.2) is 22.6 Å². The van der Waals surface area contributed by atoms with E-state index in [2.05, 4.69) is 41.2 Å². The Morgan fingerprint density at radius 3 is 2.80 bits per heavy atom. The van der Waals surface area contributed by atoms with Gasteiger partial charge >= 0.3 is 0 Å². The van der Waals surface area contributed by atoms with E-state index in [4.69, 9.17) is 0 Å². The van der Waals surface area contributed by atoms with Crippen molar-refractivity contribution in [3.63, 3.8) is 0 Å². The molecule has 1 saturated carbocycles. The van der Waals surface area contributed by atoms with E-state index in [-0.39, 0.29) is 5.41 Å². The first-order valence-electron chi connectivity index (χ1n) is 8.46. The van der Waals surface area contributed by atoms with E-state index in [1.54, 1.807) is 0 Å². The summed E-state index contributed by atoms with van der Waals surface area (Å²) >= 11 is 0. The lowest BCUT2D eigenvalue weighted by atomic mass is 9.82. The van der Waals surface area contributed by atoms with Crippen LogP contribution in [0.5, 0.6) is 0 Å². The number of hydrogen-bond donors (Lipinski definition) is 1. The number of imidazole rings is 1. The molecular weight excluding hydrogens is 246 g/mol. The number of aromatic nitrogens is 2. The fourth-order valence-electron chi connectivity index (χ4n) is 4.22. The van der Waals surface area contributed by atoms with Crippen LogP contribution in [0.4, 0.5) is 0 Å². The normalized spacial score (nSPS) is 34.5. The first kappa shape index (κ1) is 14.1. The molecule has 1 N–H and O–H groups in total. The molecule has 2 fully saturated rings. The molecule has 0 amide bonds. The summed E-state index contributed by atoms with van der Waals surface area (Å²) in [5.74, 6) is 0.979. The van der Waals surface area contributed by atoms with Crippen LogP contribution < -0.4 is 5.32 Å². The van der Waals surface area contributed by atoms with Crippen LogP contribution in [0.1, 0.15) is 70.5 Å². The van der Waals surface area contributed by atoms with Crippen LogP contribution in [-0.2, 0) is 5.41 Å². The van der Waals surface area contributed by atoms with E-state index in [9.17, 15) is 0 Å². The van der Waals surface area contributed by atoms with Crippen molar-refractivity contribution in [1.29, 1.82) is 0 Å². The highest BCUT2D eigenvalue weighted by molar-refractivity contribution is 5.18. The Morgan fingerprint density at radius 1 is 1.35 bits per heavy atom. The van der Waals surface area contributed by atoms with Gasteiger partial charge in [-0.25, -0.2) is 4.98 Å². The van der Waals surface area contributed by atoms with Crippen LogP contribution >= 0.6 is 0 Å². The average Bonchev–Trinajstić information content (AvgIpc) is 3.09. The third-order valence-electron chi connectivity index (χ3n) is 5.56. The molecule has 0 spiro atoms. The van der Waals surface area contributed by atoms with E-state index in [1.165, 1.54) is 50.6 Å². The van der Waals surface area contributed by atoms with E-state index < -0.39 is 0 Å². The van der Waals surface area contributed by atoms with Crippen molar-refractivity contribution in [2.75, 3.05) is 13.1 Å². The van der Waals surface area contributed by atoms with Crippen molar-refractivity contribution in [3.8, 4) is 0 Å². The maximum absolute atomic E-state index is 4.48. The predicted molar refractivity (Wildman–Crippen MR) is 83.0 cm³/mol. The van der Waals surface area contributed by atoms with Gasteiger partial charge in [-0.05, 0) is 44.6 Å². The van der Waals surface area contributed by atoms with Crippen LogP contribution in [0.2, 0.25) is 0 Å². The summed E-state index contributed by atoms with van der Waals surface area (Å²) in [4.78, 5) is 4.48. The second-order valence-corrected chi connectivity index (χ2v) is 7.14. The zero-order chi connectivity index (χ0) is 14.0. The Hall–Kier alpha value is -0.830. The minimum absolute atomic E-state index is 0.288. The second-order valence-electron chi connectivity index (χ2n) is 7.14. The Labute approximate surface area is 123 Å². The van der Waals surface area contributed by atoms with Gasteiger partial charge in [-0.3, -0.25) is 0 Å². The Balaban J connectivity index is 1.71. The van der Waals surface area contributed by atoms with E-state index in [0.717, 1.165) is 19.0 Å². The lowest BCUT2D eigenvalue weighted by Crippen LogP contribution is -2.30. The largest absolute Gasteiger partial charge is 0.331 e. The van der Waals surface area contributed by atoms with E-state index in [0.29, 0.717) is 6.04 Å². The molecule has 0 aromatic carbocycles. The van der Waals surface area contributed by atoms with Crippen molar-refractivity contribution in [1.82, 2.24) is 14.9 Å². The molecule has 112 valence electrons. The van der Waals surface area contributed by atoms with Gasteiger partial charge in [0.05, 0.1) is 6.33 Å². The predicted octanol–water partition coefficient (Wildman–Crippen LogP) is 3.67. The molecule has 3 rings (SSSR count). The zero-order valence-corrected chi connectivity index (χ0v) is 13.1. The summed E-state index contributed by atoms with van der Waals surface area (Å²) in [5, 5.41) is 3.51. The van der Waals surface area contributed by atoms with Gasteiger partial charge in [0, 0.05) is 29.9 Å². The quantitative estimate of drug-likeness (QED) is 0.908. The van der Waals surface area contributed by atoms with Gasteiger partial charge < -0.3 is 9.88 Å². The van der Waals surface area contributed by atoms with E-state index in [1.807, 2.05) is 0 Å². The number of nitrogens with one attached hydrogen (secondary N) is 1. The summed E-state index contributed by atoms with van der Waals surface area (Å²) in [5.41, 5.74) is 1.75. The van der Waals surface area contributed by atoms with Crippen molar-refractivity contribution in [3.05, 3.63) is 18.2 Å². The van der Waals surface area contributed by atoms with Gasteiger partial charge in [-0.15, -0.1) is 0 Å². The van der Waals surface area contributed by atoms with Gasteiger partial charge in [0.25, 0.3) is 0 Å². The molecule has 1 saturated heterocycles. The van der Waals surface area contributed by atoms with Crippen LogP contribution in [0.25, 0.3) is 0 Å². The zero-order valence-electron chi connectivity index (χ0n) is 13.1. The van der Waals surface area contributed by atoms with Gasteiger partial charge in [0.15, 0.2) is 0 Å². The Bertz CT molecular complexity index is 423. The second kappa shape index (κ2) is 5.88. The maximum Gasteiger partial charge on any atom is 0.0950 e. The molecule has 1 aromatic rings. The standard InChI is InChI=1S/C17H29N3/c1-3-4-14-5-7-15(8-6-14)20-13-19-11-16(20)17(2)9-10-18-12-17/h11,13-15,18H,3-10,12H2,1-2H3. The molecule has 1 aliphatic heterocycles. The smallest absolute Gasteiger partial charge is 0.0950 e. The SMILES string of the molecule is CCCC1CCC(n2cncc2C2(C)CCNC2)CC1. The lowest BCUT2D eigenvalue weighted by Gasteiger charge is -2.33. The highest BCUT2D eigenvalue weighted by Gasteiger charge is 2.35. The van der Waals surface area contributed by atoms with Gasteiger partial charge in [0.1, 0.15) is 0 Å². The van der Waals surface area contributed by atoms with Gasteiger partial charge in [-0.1, -0.05) is 26.7 Å². The van der Waals surface area contributed by atoms with Crippen LogP contribution in [0.3, 0.4) is 0 Å². The average molecular weight is 275 g/mol. The summed E-state index contributed by atoms with van der Waals surface area (Å²) in [6.07, 6.45) is 13.7. The third kappa shape index (κ3) is 2.65. The highest BCUT2D eigenvalue weighted by atomic mass is 15.1. The van der Waals surface area contributed by atoms with Gasteiger partial charge in [0.2, 0.25) is 0 Å². The minimum Gasteiger partial charge on any atom is -0.331 e. The first-order valence-corrected chi connectivity index (χ1v) is 8.46. The van der Waals surface area contributed by atoms with Crippen molar-refractivity contribution in [2.24, 2.45) is 5.92 Å². The monoisotopic (exact) mass is 275 g/mol. The van der Waals surface area contributed by atoms with Crippen molar-refractivity contribution >= 4 is 0 Å². The summed E-state index contributed by atoms with van der Waals surface area (Å²) < 4.78 is 2.51. The molecule has 0 radical (unpaired) electrons. The summed E-state index contributed by atoms with van der Waals surface area (Å²) in [7, 11) is 0. The molecular formula is C17H29N3. The molecule has 0 bridgehead atoms. The molecule has 1 unspecified atom stereocenters. The van der Waals surface area contributed by atoms with Crippen molar-refractivity contribution < 1.29 is 0 Å². The lowest BCUT2D eigenvalue weighted by molar-refractivity contribution is 0.253. The topological polar surface area (TPSA) is 29.9 Å². The minimum atomic E-state index is 0.288. The van der Waals surface area contributed by atoms with Crippen LogP contribution in [0.15, 0.2) is 12.5 Å². The summed E-state index contributed by atoms with van der Waals surface area (Å²) in [6.45, 7) is 6.95. The molecule has 2 aliphatic rings. The molecule has 3 heteroatoms. The fourth-order valence-corrected chi connectivity index (χ4v) is 4.22. The number of rotatable bonds is 4. The molecule has 20 heavy (non-hydrogen) atoms. The molecule has 1 aliphatic carbocycles. The molecule has 1 aromatic heterocycles. The maximum atomic E-state index is 4.48. The van der Waals surface area contributed by atoms with Gasteiger partial charge in [-0.2, -0.15) is 0 Å². The number of nitrogens with zero attached hydrogens (tertiary/aromatic N) is 2. The molecule has 2 heterocycles. The molecule has 3 nitrogen and oxygen atoms in total. The third-order valence-corrected chi connectivity index (χ3v) is 5.56. The van der Waals surface area contributed by atoms with E-state index >= 15 is 0 Å². The Morgan fingerprint density at radius 2 is 2.15 bits per heavy atom. The summed E-state index contributed by atoms with van der Waals surface area (Å²) in [6, 6.07) is 0.693. The van der Waals surface area contributed by atoms with Crippen LogP contribution in [0, 0.1) is 5.92 Å².